The van der Waals surface area contributed by atoms with Crippen LogP contribution in [0.2, 0.25) is 0 Å². The van der Waals surface area contributed by atoms with E-state index < -0.39 is 0 Å². The van der Waals surface area contributed by atoms with Crippen molar-refractivity contribution in [1.29, 1.82) is 0 Å². The number of hydrogen-bond acceptors (Lipinski definition) is 4. The SMILES string of the molecule is CN=C(NCCCc1nnc2ccccn12)N1CCC(N2CC=CC2)C1. The Morgan fingerprint density at radius 1 is 1.27 bits per heavy atom. The highest BCUT2D eigenvalue weighted by atomic mass is 15.3. The summed E-state index contributed by atoms with van der Waals surface area (Å²) in [4.78, 5) is 9.41. The molecule has 0 spiro atoms. The summed E-state index contributed by atoms with van der Waals surface area (Å²) in [6, 6.07) is 6.63. The molecule has 2 aliphatic rings. The summed E-state index contributed by atoms with van der Waals surface area (Å²) in [5.74, 6) is 2.03. The third kappa shape index (κ3) is 3.58. The summed E-state index contributed by atoms with van der Waals surface area (Å²) < 4.78 is 2.06. The first-order valence-electron chi connectivity index (χ1n) is 9.48. The van der Waals surface area contributed by atoms with Crippen molar-refractivity contribution in [3.63, 3.8) is 0 Å². The van der Waals surface area contributed by atoms with E-state index >= 15 is 0 Å². The number of nitrogens with one attached hydrogen (secondary N) is 1. The molecule has 2 aromatic heterocycles. The predicted octanol–water partition coefficient (Wildman–Crippen LogP) is 1.18. The Balaban J connectivity index is 1.24. The number of likely N-dealkylation sites (tertiary alicyclic amines) is 1. The highest BCUT2D eigenvalue weighted by molar-refractivity contribution is 5.80. The van der Waals surface area contributed by atoms with Gasteiger partial charge in [-0.3, -0.25) is 14.3 Å². The molecule has 7 heteroatoms. The third-order valence-electron chi connectivity index (χ3n) is 5.28. The molecule has 0 aliphatic carbocycles. The molecule has 1 atom stereocenters. The molecule has 1 saturated heterocycles. The summed E-state index contributed by atoms with van der Waals surface area (Å²) in [6.07, 6.45) is 9.68. The molecule has 1 unspecified atom stereocenters. The van der Waals surface area contributed by atoms with Crippen LogP contribution in [0.4, 0.5) is 0 Å². The minimum atomic E-state index is 0.644. The second kappa shape index (κ2) is 7.86. The van der Waals surface area contributed by atoms with Crippen LogP contribution in [0.3, 0.4) is 0 Å². The van der Waals surface area contributed by atoms with Crippen LogP contribution in [0.15, 0.2) is 41.5 Å². The van der Waals surface area contributed by atoms with Crippen molar-refractivity contribution < 1.29 is 0 Å². The minimum absolute atomic E-state index is 0.644. The molecule has 1 fully saturated rings. The Labute approximate surface area is 154 Å². The summed E-state index contributed by atoms with van der Waals surface area (Å²) in [5.41, 5.74) is 0.908. The average Bonchev–Trinajstić information content (AvgIpc) is 3.42. The number of aromatic nitrogens is 3. The van der Waals surface area contributed by atoms with E-state index in [0.717, 1.165) is 63.0 Å². The summed E-state index contributed by atoms with van der Waals surface area (Å²) >= 11 is 0. The van der Waals surface area contributed by atoms with Gasteiger partial charge in [0.15, 0.2) is 11.6 Å². The number of guanidine groups is 1. The second-order valence-corrected chi connectivity index (χ2v) is 6.94. The Morgan fingerprint density at radius 3 is 3.00 bits per heavy atom. The van der Waals surface area contributed by atoms with Crippen LogP contribution in [0, 0.1) is 0 Å². The molecule has 26 heavy (non-hydrogen) atoms. The molecule has 1 N–H and O–H groups in total. The molecule has 0 amide bonds. The topological polar surface area (TPSA) is 61.1 Å². The number of pyridine rings is 1. The lowest BCUT2D eigenvalue weighted by Crippen LogP contribution is -2.43. The van der Waals surface area contributed by atoms with E-state index in [9.17, 15) is 0 Å². The van der Waals surface area contributed by atoms with E-state index in [0.29, 0.717) is 6.04 Å². The molecule has 138 valence electrons. The summed E-state index contributed by atoms with van der Waals surface area (Å²) in [5, 5.41) is 12.0. The van der Waals surface area contributed by atoms with Gasteiger partial charge in [-0.1, -0.05) is 18.2 Å². The fourth-order valence-corrected chi connectivity index (χ4v) is 3.87. The predicted molar refractivity (Wildman–Crippen MR) is 103 cm³/mol. The largest absolute Gasteiger partial charge is 0.356 e. The van der Waals surface area contributed by atoms with E-state index in [1.807, 2.05) is 31.4 Å². The van der Waals surface area contributed by atoms with Crippen LogP contribution in [-0.2, 0) is 6.42 Å². The molecule has 0 saturated carbocycles. The lowest BCUT2D eigenvalue weighted by Gasteiger charge is -2.25. The quantitative estimate of drug-likeness (QED) is 0.379. The average molecular weight is 353 g/mol. The van der Waals surface area contributed by atoms with E-state index in [1.165, 1.54) is 6.42 Å². The molecular formula is C19H27N7. The van der Waals surface area contributed by atoms with E-state index in [2.05, 4.69) is 46.9 Å². The second-order valence-electron chi connectivity index (χ2n) is 6.94. The fraction of sp³-hybridized carbons (Fsp3) is 0.526. The number of hydrogen-bond donors (Lipinski definition) is 1. The first-order valence-corrected chi connectivity index (χ1v) is 9.48. The Hall–Kier alpha value is -2.41. The van der Waals surface area contributed by atoms with E-state index in [4.69, 9.17) is 0 Å². The zero-order valence-corrected chi connectivity index (χ0v) is 15.4. The van der Waals surface area contributed by atoms with Gasteiger partial charge >= 0.3 is 0 Å². The van der Waals surface area contributed by atoms with Crippen molar-refractivity contribution >= 4 is 11.6 Å². The highest BCUT2D eigenvalue weighted by Gasteiger charge is 2.29. The van der Waals surface area contributed by atoms with Gasteiger partial charge in [-0.15, -0.1) is 10.2 Å². The van der Waals surface area contributed by atoms with Gasteiger partial charge in [-0.05, 0) is 25.0 Å². The number of fused-ring (bicyclic) bond motifs is 1. The maximum atomic E-state index is 4.48. The molecule has 2 aromatic rings. The molecule has 7 nitrogen and oxygen atoms in total. The Bertz CT molecular complexity index is 786. The first kappa shape index (κ1) is 17.0. The molecule has 2 aliphatic heterocycles. The van der Waals surface area contributed by atoms with Crippen molar-refractivity contribution in [1.82, 2.24) is 29.7 Å². The zero-order valence-electron chi connectivity index (χ0n) is 15.4. The number of nitrogens with zero attached hydrogens (tertiary/aromatic N) is 6. The van der Waals surface area contributed by atoms with Crippen LogP contribution >= 0.6 is 0 Å². The minimum Gasteiger partial charge on any atom is -0.356 e. The Morgan fingerprint density at radius 2 is 2.15 bits per heavy atom. The summed E-state index contributed by atoms with van der Waals surface area (Å²) in [7, 11) is 1.87. The molecule has 0 aromatic carbocycles. The van der Waals surface area contributed by atoms with Crippen molar-refractivity contribution in [3.05, 3.63) is 42.4 Å². The smallest absolute Gasteiger partial charge is 0.193 e. The molecule has 4 heterocycles. The van der Waals surface area contributed by atoms with Crippen LogP contribution in [-0.4, -0.2) is 76.2 Å². The van der Waals surface area contributed by atoms with Crippen LogP contribution in [0.1, 0.15) is 18.7 Å². The first-order chi connectivity index (χ1) is 12.8. The highest BCUT2D eigenvalue weighted by Crippen LogP contribution is 2.17. The van der Waals surface area contributed by atoms with Gasteiger partial charge in [0.2, 0.25) is 0 Å². The van der Waals surface area contributed by atoms with Gasteiger partial charge in [-0.25, -0.2) is 0 Å². The van der Waals surface area contributed by atoms with Crippen LogP contribution in [0.5, 0.6) is 0 Å². The van der Waals surface area contributed by atoms with Crippen molar-refractivity contribution in [2.45, 2.75) is 25.3 Å². The van der Waals surface area contributed by atoms with Crippen molar-refractivity contribution in [3.8, 4) is 0 Å². The molecular weight excluding hydrogens is 326 g/mol. The lowest BCUT2D eigenvalue weighted by atomic mass is 10.2. The van der Waals surface area contributed by atoms with Gasteiger partial charge < -0.3 is 10.2 Å². The number of aliphatic imine (C=N–C) groups is 1. The third-order valence-corrected chi connectivity index (χ3v) is 5.28. The van der Waals surface area contributed by atoms with E-state index in [-0.39, 0.29) is 0 Å². The molecule has 0 bridgehead atoms. The zero-order chi connectivity index (χ0) is 17.8. The molecule has 4 rings (SSSR count). The van der Waals surface area contributed by atoms with Gasteiger partial charge in [0.05, 0.1) is 0 Å². The number of aryl methyl sites for hydroxylation is 1. The maximum absolute atomic E-state index is 4.48. The normalized spacial score (nSPS) is 21.2. The summed E-state index contributed by atoms with van der Waals surface area (Å²) in [6.45, 7) is 5.22. The van der Waals surface area contributed by atoms with Crippen LogP contribution in [0.25, 0.3) is 5.65 Å². The van der Waals surface area contributed by atoms with Crippen LogP contribution < -0.4 is 5.32 Å². The molecule has 0 radical (unpaired) electrons. The fourth-order valence-electron chi connectivity index (χ4n) is 3.87. The van der Waals surface area contributed by atoms with Gasteiger partial charge in [-0.2, -0.15) is 0 Å². The van der Waals surface area contributed by atoms with E-state index in [1.54, 1.807) is 0 Å². The van der Waals surface area contributed by atoms with Crippen molar-refractivity contribution in [2.24, 2.45) is 4.99 Å². The van der Waals surface area contributed by atoms with Gasteiger partial charge in [0.25, 0.3) is 0 Å². The lowest BCUT2D eigenvalue weighted by molar-refractivity contribution is 0.259. The van der Waals surface area contributed by atoms with Gasteiger partial charge in [0, 0.05) is 58.4 Å². The van der Waals surface area contributed by atoms with Gasteiger partial charge in [0.1, 0.15) is 5.82 Å². The maximum Gasteiger partial charge on any atom is 0.193 e. The standard InChI is InChI=1S/C19H27N7/c1-20-19(25-14-9-16(15-25)24-11-4-5-12-24)21-10-6-8-18-23-22-17-7-2-3-13-26(17)18/h2-5,7,13,16H,6,8-12,14-15H2,1H3,(H,20,21). The number of rotatable bonds is 5. The van der Waals surface area contributed by atoms with Crippen molar-refractivity contribution in [2.75, 3.05) is 39.8 Å². The monoisotopic (exact) mass is 353 g/mol. The Kier molecular flexibility index (Phi) is 5.15.